The van der Waals surface area contributed by atoms with Gasteiger partial charge in [-0.2, -0.15) is 0 Å². The maximum atomic E-state index is 5.29. The van der Waals surface area contributed by atoms with Crippen LogP contribution in [0.15, 0.2) is 157 Å². The molecule has 0 saturated carbocycles. The van der Waals surface area contributed by atoms with E-state index in [9.17, 15) is 0 Å². The van der Waals surface area contributed by atoms with Crippen molar-refractivity contribution in [3.05, 3.63) is 169 Å². The number of pyridine rings is 2. The van der Waals surface area contributed by atoms with Gasteiger partial charge in [0.1, 0.15) is 0 Å². The van der Waals surface area contributed by atoms with E-state index in [1.54, 1.807) is 0 Å². The predicted molar refractivity (Wildman–Crippen MR) is 207 cm³/mol. The molecule has 0 saturated heterocycles. The van der Waals surface area contributed by atoms with Crippen LogP contribution in [0.25, 0.3) is 77.6 Å². The molecule has 0 amide bonds. The first-order chi connectivity index (χ1) is 24.6. The molecule has 0 unspecified atom stereocenters. The van der Waals surface area contributed by atoms with Gasteiger partial charge < -0.3 is 0 Å². The van der Waals surface area contributed by atoms with Gasteiger partial charge in [-0.15, -0.1) is 0 Å². The number of hydrogen-bond acceptors (Lipinski definition) is 4. The third-order valence-corrected chi connectivity index (χ3v) is 9.58. The second-order valence-corrected chi connectivity index (χ2v) is 13.1. The van der Waals surface area contributed by atoms with Crippen molar-refractivity contribution in [3.63, 3.8) is 0 Å². The van der Waals surface area contributed by atoms with Crippen LogP contribution < -0.4 is 0 Å². The maximum Gasteiger partial charge on any atom is 0.160 e. The molecule has 3 heterocycles. The number of allylic oxidation sites excluding steroid dienone is 4. The normalized spacial score (nSPS) is 12.9. The fraction of sp³-hybridized carbons (Fsp3) is 0.0870. The second kappa shape index (κ2) is 12.6. The third-order valence-electron chi connectivity index (χ3n) is 9.58. The molecule has 1 aliphatic rings. The quantitative estimate of drug-likeness (QED) is 0.169. The van der Waals surface area contributed by atoms with Crippen molar-refractivity contribution in [2.75, 3.05) is 0 Å². The lowest BCUT2D eigenvalue weighted by Gasteiger charge is -2.14. The molecule has 4 nitrogen and oxygen atoms in total. The smallest absolute Gasteiger partial charge is 0.160 e. The SMILES string of the molecule is Cc1ccc2ccc3c(-c4ccc5ccccc5c4)cc(-c4ccc(-c5nc(CC6=CCCC=C6)cc(-c6ccccc6)n5)cc4)nc3c2n1. The largest absolute Gasteiger partial charge is 0.251 e. The van der Waals surface area contributed by atoms with Crippen LogP contribution in [0.3, 0.4) is 0 Å². The Morgan fingerprint density at radius 3 is 2.08 bits per heavy atom. The summed E-state index contributed by atoms with van der Waals surface area (Å²) in [6.07, 6.45) is 9.76. The molecule has 0 bridgehead atoms. The molecule has 8 aromatic rings. The van der Waals surface area contributed by atoms with E-state index in [1.807, 2.05) is 13.0 Å². The topological polar surface area (TPSA) is 51.6 Å². The molecule has 1 aliphatic carbocycles. The molecular weight excluding hydrogens is 609 g/mol. The number of benzene rings is 5. The molecule has 4 heteroatoms. The average Bonchev–Trinajstić information content (AvgIpc) is 3.18. The van der Waals surface area contributed by atoms with Crippen LogP contribution in [0.5, 0.6) is 0 Å². The second-order valence-electron chi connectivity index (χ2n) is 13.1. The van der Waals surface area contributed by atoms with Gasteiger partial charge in [0.25, 0.3) is 0 Å². The monoisotopic (exact) mass is 642 g/mol. The van der Waals surface area contributed by atoms with Crippen molar-refractivity contribution in [2.45, 2.75) is 26.2 Å². The summed E-state index contributed by atoms with van der Waals surface area (Å²) in [5.74, 6) is 0.724. The minimum atomic E-state index is 0.724. The molecule has 238 valence electrons. The minimum Gasteiger partial charge on any atom is -0.251 e. The molecule has 0 fully saturated rings. The zero-order valence-corrected chi connectivity index (χ0v) is 27.8. The fourth-order valence-electron chi connectivity index (χ4n) is 6.98. The molecule has 0 N–H and O–H groups in total. The van der Waals surface area contributed by atoms with E-state index < -0.39 is 0 Å². The van der Waals surface area contributed by atoms with Crippen LogP contribution in [-0.4, -0.2) is 19.9 Å². The van der Waals surface area contributed by atoms with Crippen LogP contribution >= 0.6 is 0 Å². The van der Waals surface area contributed by atoms with Crippen molar-refractivity contribution in [3.8, 4) is 45.0 Å². The van der Waals surface area contributed by atoms with E-state index in [0.29, 0.717) is 0 Å². The highest BCUT2D eigenvalue weighted by molar-refractivity contribution is 6.09. The number of hydrogen-bond donors (Lipinski definition) is 0. The van der Waals surface area contributed by atoms with Crippen molar-refractivity contribution in [1.82, 2.24) is 19.9 Å². The number of aromatic nitrogens is 4. The van der Waals surface area contributed by atoms with E-state index in [0.717, 1.165) is 97.5 Å². The van der Waals surface area contributed by atoms with E-state index in [1.165, 1.54) is 16.3 Å². The zero-order chi connectivity index (χ0) is 33.4. The maximum absolute atomic E-state index is 5.29. The lowest BCUT2D eigenvalue weighted by atomic mass is 9.95. The lowest BCUT2D eigenvalue weighted by Crippen LogP contribution is -2.00. The molecular formula is C46H34N4. The zero-order valence-electron chi connectivity index (χ0n) is 27.8. The van der Waals surface area contributed by atoms with Crippen molar-refractivity contribution in [2.24, 2.45) is 0 Å². The summed E-state index contributed by atoms with van der Waals surface area (Å²) in [5, 5.41) is 4.61. The number of rotatable bonds is 6. The van der Waals surface area contributed by atoms with Gasteiger partial charge in [0.2, 0.25) is 0 Å². The Bertz CT molecular complexity index is 2620. The predicted octanol–water partition coefficient (Wildman–Crippen LogP) is 11.5. The minimum absolute atomic E-state index is 0.724. The van der Waals surface area contributed by atoms with Gasteiger partial charge in [-0.3, -0.25) is 4.98 Å². The molecule has 50 heavy (non-hydrogen) atoms. The van der Waals surface area contributed by atoms with Crippen molar-refractivity contribution in [1.29, 1.82) is 0 Å². The highest BCUT2D eigenvalue weighted by Crippen LogP contribution is 2.37. The Labute approximate surface area is 291 Å². The fourth-order valence-corrected chi connectivity index (χ4v) is 6.98. The summed E-state index contributed by atoms with van der Waals surface area (Å²) in [5.41, 5.74) is 12.3. The van der Waals surface area contributed by atoms with Gasteiger partial charge in [0, 0.05) is 45.3 Å². The Kier molecular flexibility index (Phi) is 7.55. The Morgan fingerprint density at radius 2 is 1.24 bits per heavy atom. The summed E-state index contributed by atoms with van der Waals surface area (Å²) in [7, 11) is 0. The van der Waals surface area contributed by atoms with Gasteiger partial charge in [0.05, 0.1) is 22.4 Å². The summed E-state index contributed by atoms with van der Waals surface area (Å²) in [4.78, 5) is 20.4. The highest BCUT2D eigenvalue weighted by Gasteiger charge is 2.15. The van der Waals surface area contributed by atoms with Gasteiger partial charge in [0.15, 0.2) is 5.82 Å². The molecule has 9 rings (SSSR count). The van der Waals surface area contributed by atoms with Crippen LogP contribution in [0.4, 0.5) is 0 Å². The number of nitrogens with zero attached hydrogens (tertiary/aromatic N) is 4. The third kappa shape index (κ3) is 5.75. The van der Waals surface area contributed by atoms with Gasteiger partial charge in [-0.1, -0.05) is 127 Å². The van der Waals surface area contributed by atoms with Crippen LogP contribution in [-0.2, 0) is 6.42 Å². The molecule has 0 spiro atoms. The number of fused-ring (bicyclic) bond motifs is 4. The van der Waals surface area contributed by atoms with Gasteiger partial charge in [-0.05, 0) is 71.5 Å². The van der Waals surface area contributed by atoms with E-state index in [-0.39, 0.29) is 0 Å². The summed E-state index contributed by atoms with van der Waals surface area (Å²) >= 11 is 0. The van der Waals surface area contributed by atoms with E-state index in [4.69, 9.17) is 19.9 Å². The van der Waals surface area contributed by atoms with E-state index in [2.05, 4.69) is 146 Å². The highest BCUT2D eigenvalue weighted by atomic mass is 14.9. The molecule has 0 radical (unpaired) electrons. The molecule has 3 aromatic heterocycles. The Balaban J connectivity index is 1.17. The summed E-state index contributed by atoms with van der Waals surface area (Å²) < 4.78 is 0. The Hall–Kier alpha value is -6.26. The van der Waals surface area contributed by atoms with Crippen LogP contribution in [0.2, 0.25) is 0 Å². The Morgan fingerprint density at radius 1 is 0.520 bits per heavy atom. The van der Waals surface area contributed by atoms with Gasteiger partial charge in [-0.25, -0.2) is 15.0 Å². The lowest BCUT2D eigenvalue weighted by molar-refractivity contribution is 0.970. The summed E-state index contributed by atoms with van der Waals surface area (Å²) in [6, 6.07) is 47.0. The van der Waals surface area contributed by atoms with Crippen molar-refractivity contribution < 1.29 is 0 Å². The number of aryl methyl sites for hydroxylation is 1. The molecule has 0 aliphatic heterocycles. The van der Waals surface area contributed by atoms with Gasteiger partial charge >= 0.3 is 0 Å². The molecule has 0 atom stereocenters. The average molecular weight is 643 g/mol. The van der Waals surface area contributed by atoms with Crippen LogP contribution in [0, 0.1) is 6.92 Å². The van der Waals surface area contributed by atoms with E-state index >= 15 is 0 Å². The van der Waals surface area contributed by atoms with Crippen LogP contribution in [0.1, 0.15) is 24.2 Å². The van der Waals surface area contributed by atoms with Crippen molar-refractivity contribution >= 4 is 32.6 Å². The molecule has 5 aromatic carbocycles. The first kappa shape index (κ1) is 29.8. The standard InChI is InChI=1S/C46H34N4/c1-30-16-17-35-24-25-40-41(38-23-18-32-12-8-9-15-37(32)27-38)29-43(49-45(40)44(35)47-30)34-19-21-36(22-20-34)46-48-39(26-31-10-4-2-5-11-31)28-42(50-46)33-13-6-3-7-14-33/h3-4,6-25,27-29H,2,5,26H2,1H3. The first-order valence-corrected chi connectivity index (χ1v) is 17.2. The first-order valence-electron chi connectivity index (χ1n) is 17.2. The summed E-state index contributed by atoms with van der Waals surface area (Å²) in [6.45, 7) is 2.04.